The van der Waals surface area contributed by atoms with Crippen molar-refractivity contribution in [1.29, 1.82) is 0 Å². The van der Waals surface area contributed by atoms with Gasteiger partial charge in [0.05, 0.1) is 6.61 Å². The molecule has 0 aliphatic heterocycles. The van der Waals surface area contributed by atoms with E-state index in [0.717, 1.165) is 0 Å². The second-order valence-electron chi connectivity index (χ2n) is 1.68. The number of rotatable bonds is 3. The number of carbonyl (C=O) groups is 2. The summed E-state index contributed by atoms with van der Waals surface area (Å²) in [7, 11) is 0. The third-order valence-electron chi connectivity index (χ3n) is 0.699. The van der Waals surface area contributed by atoms with E-state index >= 15 is 0 Å². The van der Waals surface area contributed by atoms with Gasteiger partial charge in [0.25, 0.3) is 0 Å². The molecule has 0 atom stereocenters. The largest absolute Gasteiger partial charge is 0.466 e. The number of hydrogen-bond donors (Lipinski definition) is 0. The summed E-state index contributed by atoms with van der Waals surface area (Å²) in [5.74, 6) is -0.599. The summed E-state index contributed by atoms with van der Waals surface area (Å²) in [6, 6.07) is 0. The molecule has 0 heterocycles. The van der Waals surface area contributed by atoms with E-state index in [2.05, 4.69) is 4.74 Å². The Morgan fingerprint density at radius 2 is 1.90 bits per heavy atom. The van der Waals surface area contributed by atoms with E-state index in [1.807, 2.05) is 0 Å². The van der Waals surface area contributed by atoms with Crippen molar-refractivity contribution < 1.29 is 41.6 Å². The summed E-state index contributed by atoms with van der Waals surface area (Å²) in [4.78, 5) is 20.6. The predicted molar refractivity (Wildman–Crippen MR) is 31.9 cm³/mol. The van der Waals surface area contributed by atoms with Crippen LogP contribution in [0.1, 0.15) is 20.3 Å². The van der Waals surface area contributed by atoms with Crippen molar-refractivity contribution in [3.8, 4) is 0 Å². The molecule has 0 aromatic heterocycles. The van der Waals surface area contributed by atoms with Gasteiger partial charge in [0, 0.05) is 27.3 Å². The van der Waals surface area contributed by atoms with Gasteiger partial charge in [-0.05, 0) is 13.8 Å². The van der Waals surface area contributed by atoms with Crippen molar-refractivity contribution >= 4 is 11.8 Å². The fourth-order valence-electron chi connectivity index (χ4n) is 0.415. The van der Waals surface area contributed by atoms with Crippen LogP contribution in [-0.4, -0.2) is 18.4 Å². The molecule has 0 aromatic rings. The summed E-state index contributed by atoms with van der Waals surface area (Å²) in [6.45, 7) is 3.40. The van der Waals surface area contributed by atoms with E-state index in [0.29, 0.717) is 6.61 Å². The number of hydrogen-bond acceptors (Lipinski definition) is 3. The first-order valence-electron chi connectivity index (χ1n) is 2.82. The Morgan fingerprint density at radius 1 is 1.40 bits per heavy atom. The average molecular weight is 243 g/mol. The summed E-state index contributed by atoms with van der Waals surface area (Å²) in [5.41, 5.74) is 0. The maximum absolute atomic E-state index is 10.4. The number of esters is 1. The molecule has 0 spiro atoms. The minimum Gasteiger partial charge on any atom is -0.466 e. The zero-order valence-electron chi connectivity index (χ0n) is 6.35. The van der Waals surface area contributed by atoms with Crippen LogP contribution in [0.25, 0.3) is 0 Å². The van der Waals surface area contributed by atoms with Gasteiger partial charge in [-0.15, -0.1) is 0 Å². The van der Waals surface area contributed by atoms with Crippen molar-refractivity contribution in [2.24, 2.45) is 0 Å². The molecule has 3 nitrogen and oxygen atoms in total. The summed E-state index contributed by atoms with van der Waals surface area (Å²) < 4.78 is 4.49. The van der Waals surface area contributed by atoms with Crippen molar-refractivity contribution in [2.45, 2.75) is 20.3 Å². The fourth-order valence-corrected chi connectivity index (χ4v) is 0.415. The van der Waals surface area contributed by atoms with Gasteiger partial charge in [-0.3, -0.25) is 9.59 Å². The van der Waals surface area contributed by atoms with Crippen LogP contribution in [0.2, 0.25) is 0 Å². The monoisotopic (exact) mass is 244 g/mol. The first kappa shape index (κ1) is 12.7. The minimum atomic E-state index is -0.440. The molecule has 0 unspecified atom stereocenters. The third kappa shape index (κ3) is 8.06. The zero-order chi connectivity index (χ0) is 7.28. The molecule has 0 radical (unpaired) electrons. The first-order valence-corrected chi connectivity index (χ1v) is 2.82. The fraction of sp³-hybridized carbons (Fsp3) is 0.667. The summed E-state index contributed by atoms with van der Waals surface area (Å²) in [5, 5.41) is 0. The van der Waals surface area contributed by atoms with Gasteiger partial charge >= 0.3 is 5.97 Å². The van der Waals surface area contributed by atoms with Crippen LogP contribution in [0.4, 0.5) is 0 Å². The van der Waals surface area contributed by atoms with Gasteiger partial charge in [-0.2, -0.15) is 0 Å². The van der Waals surface area contributed by atoms with Gasteiger partial charge in [0.2, 0.25) is 0 Å². The molecule has 4 heteroatoms. The molecule has 0 N–H and O–H groups in total. The van der Waals surface area contributed by atoms with Gasteiger partial charge in [0.1, 0.15) is 12.2 Å². The maximum atomic E-state index is 10.4. The second-order valence-corrected chi connectivity index (χ2v) is 1.68. The smallest absolute Gasteiger partial charge is 0.313 e. The molecule has 0 fully saturated rings. The molecular formula is C6H10CdO3. The van der Waals surface area contributed by atoms with E-state index < -0.39 is 5.97 Å². The summed E-state index contributed by atoms with van der Waals surface area (Å²) >= 11 is 0. The van der Waals surface area contributed by atoms with E-state index in [1.54, 1.807) is 6.92 Å². The summed E-state index contributed by atoms with van der Waals surface area (Å²) in [6.07, 6.45) is -0.103. The molecule has 0 rings (SSSR count). The van der Waals surface area contributed by atoms with Gasteiger partial charge in [-0.1, -0.05) is 0 Å². The SMILES string of the molecule is CCOC(=O)CC(C)=O.[Cd]. The van der Waals surface area contributed by atoms with E-state index in [-0.39, 0.29) is 39.5 Å². The van der Waals surface area contributed by atoms with Gasteiger partial charge in [-0.25, -0.2) is 0 Å². The quantitative estimate of drug-likeness (QED) is 0.412. The molecule has 0 aliphatic rings. The van der Waals surface area contributed by atoms with Crippen LogP contribution in [0.3, 0.4) is 0 Å². The Labute approximate surface area is 80.3 Å². The first-order chi connectivity index (χ1) is 4.16. The maximum Gasteiger partial charge on any atom is 0.313 e. The topological polar surface area (TPSA) is 43.4 Å². The Bertz CT molecular complexity index is 122. The Balaban J connectivity index is 0. The van der Waals surface area contributed by atoms with Crippen LogP contribution in [0.5, 0.6) is 0 Å². The molecule has 0 aliphatic carbocycles. The molecule has 0 saturated heterocycles. The predicted octanol–water partition coefficient (Wildman–Crippen LogP) is 0.526. The number of carbonyl (C=O) groups excluding carboxylic acids is 2. The van der Waals surface area contributed by atoms with Gasteiger partial charge in [0.15, 0.2) is 0 Å². The van der Waals surface area contributed by atoms with E-state index in [1.165, 1.54) is 6.92 Å². The zero-order valence-corrected chi connectivity index (χ0v) is 10.4. The Kier molecular flexibility index (Phi) is 9.12. The van der Waals surface area contributed by atoms with Crippen molar-refractivity contribution in [3.05, 3.63) is 0 Å². The van der Waals surface area contributed by atoms with Gasteiger partial charge < -0.3 is 4.74 Å². The van der Waals surface area contributed by atoms with Crippen LogP contribution >= 0.6 is 0 Å². The number of Topliss-reactive ketones (excluding diaryl/α,β-unsaturated/α-hetero) is 1. The van der Waals surface area contributed by atoms with Crippen molar-refractivity contribution in [1.82, 2.24) is 0 Å². The van der Waals surface area contributed by atoms with Crippen LogP contribution in [-0.2, 0) is 41.6 Å². The Morgan fingerprint density at radius 3 is 2.20 bits per heavy atom. The Hall–Kier alpha value is 0.0621. The van der Waals surface area contributed by atoms with Crippen LogP contribution < -0.4 is 0 Å². The van der Waals surface area contributed by atoms with Crippen LogP contribution in [0, 0.1) is 0 Å². The van der Waals surface area contributed by atoms with Crippen molar-refractivity contribution in [3.63, 3.8) is 0 Å². The molecular weight excluding hydrogens is 232 g/mol. The van der Waals surface area contributed by atoms with Crippen molar-refractivity contribution in [2.75, 3.05) is 6.61 Å². The minimum absolute atomic E-state index is 0. The number of ketones is 1. The van der Waals surface area contributed by atoms with E-state index in [4.69, 9.17) is 0 Å². The molecule has 0 saturated carbocycles. The molecule has 10 heavy (non-hydrogen) atoms. The van der Waals surface area contributed by atoms with E-state index in [9.17, 15) is 9.59 Å². The molecule has 54 valence electrons. The average Bonchev–Trinajstić information content (AvgIpc) is 1.63. The third-order valence-corrected chi connectivity index (χ3v) is 0.699. The molecule has 0 bridgehead atoms. The second kappa shape index (κ2) is 7.17. The normalized spacial score (nSPS) is 7.80. The molecule has 0 amide bonds. The van der Waals surface area contributed by atoms with Crippen LogP contribution in [0.15, 0.2) is 0 Å². The number of ether oxygens (including phenoxy) is 1. The standard InChI is InChI=1S/C6H10O3.Cd/c1-3-9-6(8)4-5(2)7;/h3-4H2,1-2H3;. The molecule has 0 aromatic carbocycles.